The molecule has 1 fully saturated rings. The monoisotopic (exact) mass is 282 g/mol. The second kappa shape index (κ2) is 6.49. The average molecular weight is 282 g/mol. The van der Waals surface area contributed by atoms with Crippen LogP contribution in [0.2, 0.25) is 0 Å². The Balaban J connectivity index is 2.31. The molecular formula is C12H18N4O4. The highest BCUT2D eigenvalue weighted by Gasteiger charge is 2.20. The minimum Gasteiger partial charge on any atom is -0.461 e. The number of aromatic amines is 2. The van der Waals surface area contributed by atoms with Crippen molar-refractivity contribution < 1.29 is 9.53 Å². The molecule has 1 aliphatic heterocycles. The fraction of sp³-hybridized carbons (Fsp3) is 0.583. The molecule has 8 nitrogen and oxygen atoms in total. The number of carbonyl (C=O) groups excluding carboxylic acids is 1. The third kappa shape index (κ3) is 3.34. The fourth-order valence-corrected chi connectivity index (χ4v) is 2.13. The number of nitrogens with one attached hydrogen (secondary N) is 3. The summed E-state index contributed by atoms with van der Waals surface area (Å²) in [5, 5.41) is 3.20. The van der Waals surface area contributed by atoms with Crippen molar-refractivity contribution in [2.24, 2.45) is 0 Å². The lowest BCUT2D eigenvalue weighted by Gasteiger charge is -2.27. The first kappa shape index (κ1) is 14.5. The van der Waals surface area contributed by atoms with Gasteiger partial charge >= 0.3 is 11.7 Å². The lowest BCUT2D eigenvalue weighted by atomic mass is 10.2. The van der Waals surface area contributed by atoms with Gasteiger partial charge in [-0.15, -0.1) is 0 Å². The quantitative estimate of drug-likeness (QED) is 0.589. The van der Waals surface area contributed by atoms with Crippen LogP contribution in [0.1, 0.15) is 23.0 Å². The van der Waals surface area contributed by atoms with E-state index in [1.165, 1.54) is 0 Å². The number of ether oxygens (including phenoxy) is 1. The predicted octanol–water partition coefficient (Wildman–Crippen LogP) is -1.35. The molecule has 0 radical (unpaired) electrons. The molecule has 0 aliphatic carbocycles. The lowest BCUT2D eigenvalue weighted by molar-refractivity contribution is 0.0515. The molecule has 2 rings (SSSR count). The molecule has 1 aromatic heterocycles. The van der Waals surface area contributed by atoms with E-state index in [9.17, 15) is 14.4 Å². The van der Waals surface area contributed by atoms with Crippen LogP contribution in [0.3, 0.4) is 0 Å². The highest BCUT2D eigenvalue weighted by atomic mass is 16.5. The molecular weight excluding hydrogens is 264 g/mol. The van der Waals surface area contributed by atoms with Crippen LogP contribution < -0.4 is 16.6 Å². The summed E-state index contributed by atoms with van der Waals surface area (Å²) in [7, 11) is 0. The summed E-state index contributed by atoms with van der Waals surface area (Å²) in [6.07, 6.45) is 0. The van der Waals surface area contributed by atoms with Crippen LogP contribution in [0.25, 0.3) is 0 Å². The van der Waals surface area contributed by atoms with E-state index >= 15 is 0 Å². The Hall–Kier alpha value is -1.93. The topological polar surface area (TPSA) is 107 Å². The third-order valence-electron chi connectivity index (χ3n) is 3.11. The van der Waals surface area contributed by atoms with E-state index in [0.717, 1.165) is 26.2 Å². The van der Waals surface area contributed by atoms with E-state index in [1.54, 1.807) is 6.92 Å². The van der Waals surface area contributed by atoms with Crippen molar-refractivity contribution in [3.8, 4) is 0 Å². The average Bonchev–Trinajstić information content (AvgIpc) is 2.43. The zero-order chi connectivity index (χ0) is 14.5. The van der Waals surface area contributed by atoms with Gasteiger partial charge in [-0.2, -0.15) is 0 Å². The normalized spacial score (nSPS) is 16.1. The molecule has 2 heterocycles. The predicted molar refractivity (Wildman–Crippen MR) is 71.8 cm³/mol. The van der Waals surface area contributed by atoms with Gasteiger partial charge in [0, 0.05) is 32.7 Å². The lowest BCUT2D eigenvalue weighted by Crippen LogP contribution is -2.44. The summed E-state index contributed by atoms with van der Waals surface area (Å²) < 4.78 is 4.88. The summed E-state index contributed by atoms with van der Waals surface area (Å²) in [5.74, 6) is -0.680. The van der Waals surface area contributed by atoms with E-state index in [2.05, 4.69) is 15.3 Å². The summed E-state index contributed by atoms with van der Waals surface area (Å²) >= 11 is 0. The van der Waals surface area contributed by atoms with Gasteiger partial charge in [0.2, 0.25) is 0 Å². The maximum absolute atomic E-state index is 11.9. The summed E-state index contributed by atoms with van der Waals surface area (Å²) in [6, 6.07) is 0. The zero-order valence-electron chi connectivity index (χ0n) is 11.3. The Morgan fingerprint density at radius 2 is 1.95 bits per heavy atom. The molecule has 3 N–H and O–H groups in total. The number of piperazine rings is 1. The van der Waals surface area contributed by atoms with Crippen LogP contribution in [-0.4, -0.2) is 53.6 Å². The SMILES string of the molecule is CCOC(=O)c1[nH]c(=O)[nH]c(=O)c1CN1CCNCC1. The maximum atomic E-state index is 11.9. The molecule has 110 valence electrons. The first-order valence-electron chi connectivity index (χ1n) is 6.57. The Kier molecular flexibility index (Phi) is 4.70. The van der Waals surface area contributed by atoms with Gasteiger partial charge in [0.15, 0.2) is 0 Å². The molecule has 0 amide bonds. The van der Waals surface area contributed by atoms with Gasteiger partial charge in [0.25, 0.3) is 5.56 Å². The number of aromatic nitrogens is 2. The van der Waals surface area contributed by atoms with Gasteiger partial charge in [-0.05, 0) is 6.92 Å². The van der Waals surface area contributed by atoms with Crippen LogP contribution in [0.5, 0.6) is 0 Å². The highest BCUT2D eigenvalue weighted by molar-refractivity contribution is 5.88. The fourth-order valence-electron chi connectivity index (χ4n) is 2.13. The van der Waals surface area contributed by atoms with Crippen molar-refractivity contribution >= 4 is 5.97 Å². The first-order valence-corrected chi connectivity index (χ1v) is 6.57. The second-order valence-electron chi connectivity index (χ2n) is 4.51. The van der Waals surface area contributed by atoms with Crippen molar-refractivity contribution in [1.82, 2.24) is 20.2 Å². The van der Waals surface area contributed by atoms with E-state index in [-0.39, 0.29) is 17.9 Å². The summed E-state index contributed by atoms with van der Waals surface area (Å²) in [4.78, 5) is 41.6. The number of carbonyl (C=O) groups is 1. The number of esters is 1. The maximum Gasteiger partial charge on any atom is 0.355 e. The smallest absolute Gasteiger partial charge is 0.355 e. The minimum atomic E-state index is -0.706. The molecule has 0 unspecified atom stereocenters. The molecule has 0 aromatic carbocycles. The van der Waals surface area contributed by atoms with Crippen LogP contribution in [0.4, 0.5) is 0 Å². The number of hydrogen-bond donors (Lipinski definition) is 3. The van der Waals surface area contributed by atoms with Crippen LogP contribution in [0.15, 0.2) is 9.59 Å². The molecule has 20 heavy (non-hydrogen) atoms. The Labute approximate surface area is 115 Å². The number of rotatable bonds is 4. The van der Waals surface area contributed by atoms with Crippen LogP contribution in [0, 0.1) is 0 Å². The molecule has 1 saturated heterocycles. The van der Waals surface area contributed by atoms with E-state index in [0.29, 0.717) is 6.54 Å². The van der Waals surface area contributed by atoms with Gasteiger partial charge in [-0.1, -0.05) is 0 Å². The van der Waals surface area contributed by atoms with Gasteiger partial charge in [-0.25, -0.2) is 9.59 Å². The van der Waals surface area contributed by atoms with Crippen LogP contribution in [-0.2, 0) is 11.3 Å². The van der Waals surface area contributed by atoms with E-state index in [1.807, 2.05) is 4.90 Å². The summed E-state index contributed by atoms with van der Waals surface area (Å²) in [6.45, 7) is 5.37. The minimum absolute atomic E-state index is 0.0564. The van der Waals surface area contributed by atoms with Crippen molar-refractivity contribution in [2.45, 2.75) is 13.5 Å². The molecule has 8 heteroatoms. The second-order valence-corrected chi connectivity index (χ2v) is 4.51. The van der Waals surface area contributed by atoms with Crippen LogP contribution >= 0.6 is 0 Å². The largest absolute Gasteiger partial charge is 0.461 e. The Morgan fingerprint density at radius 3 is 2.60 bits per heavy atom. The molecule has 0 spiro atoms. The number of nitrogens with zero attached hydrogens (tertiary/aromatic N) is 1. The van der Waals surface area contributed by atoms with Crippen molar-refractivity contribution in [2.75, 3.05) is 32.8 Å². The van der Waals surface area contributed by atoms with Gasteiger partial charge in [0.05, 0.1) is 12.2 Å². The van der Waals surface area contributed by atoms with E-state index in [4.69, 9.17) is 4.74 Å². The zero-order valence-corrected chi connectivity index (χ0v) is 11.3. The molecule has 0 bridgehead atoms. The molecule has 1 aliphatic rings. The molecule has 0 saturated carbocycles. The standard InChI is InChI=1S/C12H18N4O4/c1-2-20-11(18)9-8(10(17)15-12(19)14-9)7-16-5-3-13-4-6-16/h13H,2-7H2,1H3,(H2,14,15,17,19). The molecule has 0 atom stereocenters. The summed E-state index contributed by atoms with van der Waals surface area (Å²) in [5.41, 5.74) is -1.07. The Bertz CT molecular complexity index is 586. The van der Waals surface area contributed by atoms with Crippen molar-refractivity contribution in [1.29, 1.82) is 0 Å². The van der Waals surface area contributed by atoms with Gasteiger partial charge in [0.1, 0.15) is 5.69 Å². The van der Waals surface area contributed by atoms with E-state index < -0.39 is 17.2 Å². The number of H-pyrrole nitrogens is 2. The highest BCUT2D eigenvalue weighted by Crippen LogP contribution is 2.06. The van der Waals surface area contributed by atoms with Gasteiger partial charge < -0.3 is 15.0 Å². The van der Waals surface area contributed by atoms with Crippen molar-refractivity contribution in [3.63, 3.8) is 0 Å². The molecule has 1 aromatic rings. The number of hydrogen-bond acceptors (Lipinski definition) is 6. The third-order valence-corrected chi connectivity index (χ3v) is 3.11. The Morgan fingerprint density at radius 1 is 1.25 bits per heavy atom. The van der Waals surface area contributed by atoms with Crippen molar-refractivity contribution in [3.05, 3.63) is 32.1 Å². The first-order chi connectivity index (χ1) is 9.61. The van der Waals surface area contributed by atoms with Gasteiger partial charge in [-0.3, -0.25) is 14.7 Å².